The van der Waals surface area contributed by atoms with Crippen molar-refractivity contribution in [2.24, 2.45) is 0 Å². The molecule has 6 heteroatoms. The summed E-state index contributed by atoms with van der Waals surface area (Å²) < 4.78 is 7.32. The van der Waals surface area contributed by atoms with Crippen molar-refractivity contribution < 1.29 is 14.9 Å². The van der Waals surface area contributed by atoms with Crippen molar-refractivity contribution >= 4 is 11.3 Å². The molecule has 2 N–H and O–H groups in total. The predicted octanol–water partition coefficient (Wildman–Crippen LogP) is 2.85. The molecule has 2 bridgehead atoms. The first-order valence-electron chi connectivity index (χ1n) is 6.48. The zero-order valence-electron chi connectivity index (χ0n) is 11.4. The molecule has 4 heterocycles. The van der Waals surface area contributed by atoms with E-state index >= 15 is 0 Å². The van der Waals surface area contributed by atoms with E-state index in [4.69, 9.17) is 10.00 Å². The average molecular weight is 300 g/mol. The van der Waals surface area contributed by atoms with Crippen molar-refractivity contribution in [3.8, 4) is 22.8 Å². The third-order valence-corrected chi connectivity index (χ3v) is 5.15. The summed E-state index contributed by atoms with van der Waals surface area (Å²) >= 11 is 1.21. The van der Waals surface area contributed by atoms with Crippen LogP contribution in [0.1, 0.15) is 29.9 Å². The molecule has 106 valence electrons. The highest BCUT2D eigenvalue weighted by Crippen LogP contribution is 2.61. The molecule has 2 aromatic heterocycles. The lowest BCUT2D eigenvalue weighted by atomic mass is 9.86. The third-order valence-electron chi connectivity index (χ3n) is 4.18. The molecule has 0 saturated carbocycles. The molecular formula is C15H12N2O3S. The van der Waals surface area contributed by atoms with Gasteiger partial charge in [-0.3, -0.25) is 0 Å². The van der Waals surface area contributed by atoms with E-state index in [-0.39, 0.29) is 11.8 Å². The van der Waals surface area contributed by atoms with Gasteiger partial charge in [0.05, 0.1) is 11.1 Å². The second-order valence-electron chi connectivity index (χ2n) is 5.63. The van der Waals surface area contributed by atoms with Crippen molar-refractivity contribution in [3.05, 3.63) is 40.3 Å². The van der Waals surface area contributed by atoms with Crippen LogP contribution >= 0.6 is 11.3 Å². The Morgan fingerprint density at radius 3 is 2.19 bits per heavy atom. The fraction of sp³-hybridized carbons (Fsp3) is 0.267. The highest BCUT2D eigenvalue weighted by atomic mass is 32.1. The largest absolute Gasteiger partial charge is 0.494 e. The molecule has 0 spiro atoms. The average Bonchev–Trinajstić information content (AvgIpc) is 3.11. The highest BCUT2D eigenvalue weighted by Gasteiger charge is 2.56. The first-order valence-corrected chi connectivity index (χ1v) is 7.30. The van der Waals surface area contributed by atoms with Gasteiger partial charge in [0, 0.05) is 0 Å². The SMILES string of the molecule is CC12C=CC(C)(O1)c1c2c(O)n(-c2ccc(C#N)s2)c1O. The number of rotatable bonds is 1. The van der Waals surface area contributed by atoms with Crippen LogP contribution in [0.4, 0.5) is 0 Å². The second kappa shape index (κ2) is 3.50. The molecule has 0 aromatic carbocycles. The minimum Gasteiger partial charge on any atom is -0.494 e. The molecule has 2 aliphatic heterocycles. The molecule has 2 aliphatic rings. The Morgan fingerprint density at radius 1 is 1.14 bits per heavy atom. The lowest BCUT2D eigenvalue weighted by molar-refractivity contribution is -0.0517. The first kappa shape index (κ1) is 12.5. The van der Waals surface area contributed by atoms with E-state index < -0.39 is 11.2 Å². The normalized spacial score (nSPS) is 28.8. The van der Waals surface area contributed by atoms with E-state index in [0.29, 0.717) is 21.0 Å². The van der Waals surface area contributed by atoms with E-state index in [9.17, 15) is 10.2 Å². The van der Waals surface area contributed by atoms with Crippen molar-refractivity contribution in [2.45, 2.75) is 25.0 Å². The summed E-state index contributed by atoms with van der Waals surface area (Å²) in [6, 6.07) is 5.43. The van der Waals surface area contributed by atoms with Crippen molar-refractivity contribution in [1.29, 1.82) is 5.26 Å². The number of fused-ring (bicyclic) bond motifs is 5. The van der Waals surface area contributed by atoms with Gasteiger partial charge < -0.3 is 14.9 Å². The highest BCUT2D eigenvalue weighted by molar-refractivity contribution is 7.15. The van der Waals surface area contributed by atoms with Crippen molar-refractivity contribution in [2.75, 3.05) is 0 Å². The number of hydrogen-bond acceptors (Lipinski definition) is 5. The fourth-order valence-corrected chi connectivity index (χ4v) is 4.11. The molecule has 2 atom stereocenters. The molecule has 2 aromatic rings. The van der Waals surface area contributed by atoms with Crippen LogP contribution < -0.4 is 0 Å². The summed E-state index contributed by atoms with van der Waals surface area (Å²) in [5, 5.41) is 30.7. The summed E-state index contributed by atoms with van der Waals surface area (Å²) in [6.07, 6.45) is 3.79. The molecular weight excluding hydrogens is 288 g/mol. The Balaban J connectivity index is 2.01. The van der Waals surface area contributed by atoms with E-state index in [1.807, 2.05) is 26.0 Å². The zero-order valence-corrected chi connectivity index (χ0v) is 12.2. The van der Waals surface area contributed by atoms with Gasteiger partial charge >= 0.3 is 0 Å². The molecule has 0 fully saturated rings. The van der Waals surface area contributed by atoms with Gasteiger partial charge in [-0.2, -0.15) is 5.26 Å². The molecule has 2 unspecified atom stereocenters. The van der Waals surface area contributed by atoms with Crippen LogP contribution in [0.5, 0.6) is 11.8 Å². The van der Waals surface area contributed by atoms with Gasteiger partial charge in [0.1, 0.15) is 27.1 Å². The molecule has 4 rings (SSSR count). The van der Waals surface area contributed by atoms with E-state index in [2.05, 4.69) is 6.07 Å². The first-order chi connectivity index (χ1) is 9.89. The van der Waals surface area contributed by atoms with Crippen LogP contribution in [0.2, 0.25) is 0 Å². The van der Waals surface area contributed by atoms with Crippen LogP contribution in [0.3, 0.4) is 0 Å². The summed E-state index contributed by atoms with van der Waals surface area (Å²) in [5.41, 5.74) is -0.271. The number of thiophene rings is 1. The zero-order chi connectivity index (χ0) is 15.0. The molecule has 0 amide bonds. The van der Waals surface area contributed by atoms with Gasteiger partial charge in [0.2, 0.25) is 11.8 Å². The van der Waals surface area contributed by atoms with Gasteiger partial charge in [-0.15, -0.1) is 11.3 Å². The Kier molecular flexibility index (Phi) is 2.09. The van der Waals surface area contributed by atoms with Crippen LogP contribution in [0, 0.1) is 11.3 Å². The molecule has 0 aliphatic carbocycles. The van der Waals surface area contributed by atoms with E-state index in [1.165, 1.54) is 15.9 Å². The Hall–Kier alpha value is -2.23. The van der Waals surface area contributed by atoms with Gasteiger partial charge in [-0.25, -0.2) is 4.57 Å². The van der Waals surface area contributed by atoms with Crippen LogP contribution in [0.25, 0.3) is 5.00 Å². The molecule has 21 heavy (non-hydrogen) atoms. The fourth-order valence-electron chi connectivity index (χ4n) is 3.30. The maximum atomic E-state index is 10.6. The summed E-state index contributed by atoms with van der Waals surface area (Å²) in [7, 11) is 0. The molecule has 0 saturated heterocycles. The summed E-state index contributed by atoms with van der Waals surface area (Å²) in [6.45, 7) is 3.72. The van der Waals surface area contributed by atoms with Gasteiger partial charge in [0.15, 0.2) is 0 Å². The standard InChI is InChI=1S/C15H12N2O3S/c1-14-5-6-15(2,20-14)11-10(14)12(18)17(13(11)19)9-4-3-8(7-16)21-9/h3-6,18-19H,1-2H3. The lowest BCUT2D eigenvalue weighted by Crippen LogP contribution is -2.18. The van der Waals surface area contributed by atoms with Crippen LogP contribution in [0.15, 0.2) is 24.3 Å². The molecule has 0 radical (unpaired) electrons. The Morgan fingerprint density at radius 2 is 1.71 bits per heavy atom. The molecule has 5 nitrogen and oxygen atoms in total. The Bertz CT molecular complexity index is 816. The summed E-state index contributed by atoms with van der Waals surface area (Å²) in [4.78, 5) is 0.521. The third kappa shape index (κ3) is 1.32. The quantitative estimate of drug-likeness (QED) is 0.794. The van der Waals surface area contributed by atoms with E-state index in [0.717, 1.165) is 0 Å². The van der Waals surface area contributed by atoms with Gasteiger partial charge in [-0.05, 0) is 38.1 Å². The van der Waals surface area contributed by atoms with Gasteiger partial charge in [-0.1, -0.05) is 0 Å². The monoisotopic (exact) mass is 300 g/mol. The van der Waals surface area contributed by atoms with Crippen LogP contribution in [-0.2, 0) is 15.9 Å². The summed E-state index contributed by atoms with van der Waals surface area (Å²) in [5.74, 6) is -0.0752. The smallest absolute Gasteiger partial charge is 0.206 e. The Labute approximate surface area is 124 Å². The topological polar surface area (TPSA) is 78.4 Å². The number of ether oxygens (including phenoxy) is 1. The lowest BCUT2D eigenvalue weighted by Gasteiger charge is -2.21. The minimum absolute atomic E-state index is 0.0376. The van der Waals surface area contributed by atoms with Gasteiger partial charge in [0.25, 0.3) is 0 Å². The van der Waals surface area contributed by atoms with E-state index in [1.54, 1.807) is 12.1 Å². The van der Waals surface area contributed by atoms with Crippen molar-refractivity contribution in [1.82, 2.24) is 4.57 Å². The number of aromatic nitrogens is 1. The minimum atomic E-state index is -0.730. The van der Waals surface area contributed by atoms with Crippen molar-refractivity contribution in [3.63, 3.8) is 0 Å². The second-order valence-corrected chi connectivity index (χ2v) is 6.69. The number of nitriles is 1. The number of aromatic hydroxyl groups is 2. The predicted molar refractivity (Wildman–Crippen MR) is 76.6 cm³/mol. The van der Waals surface area contributed by atoms with Crippen LogP contribution in [-0.4, -0.2) is 14.8 Å². The number of hydrogen-bond donors (Lipinski definition) is 2. The number of nitrogens with zero attached hydrogens (tertiary/aromatic N) is 2. The maximum Gasteiger partial charge on any atom is 0.206 e. The maximum absolute atomic E-state index is 10.6.